The molecule has 9 heteroatoms. The predicted octanol–water partition coefficient (Wildman–Crippen LogP) is 5.32. The molecule has 1 heterocycles. The summed E-state index contributed by atoms with van der Waals surface area (Å²) >= 11 is 6.45. The van der Waals surface area contributed by atoms with Crippen LogP contribution in [0.15, 0.2) is 46.3 Å². The molecule has 0 saturated heterocycles. The van der Waals surface area contributed by atoms with Gasteiger partial charge in [-0.1, -0.05) is 43.0 Å². The van der Waals surface area contributed by atoms with Gasteiger partial charge in [0.2, 0.25) is 0 Å². The van der Waals surface area contributed by atoms with Crippen LogP contribution in [0.1, 0.15) is 63.3 Å². The van der Waals surface area contributed by atoms with E-state index in [9.17, 15) is 9.59 Å². The average molecular weight is 512 g/mol. The number of carbonyl (C=O) groups excluding carboxylic acids is 1. The van der Waals surface area contributed by atoms with Gasteiger partial charge in [0.05, 0.1) is 35.4 Å². The van der Waals surface area contributed by atoms with E-state index in [-0.39, 0.29) is 35.0 Å². The average Bonchev–Trinajstić information content (AvgIpc) is 2.87. The zero-order valence-corrected chi connectivity index (χ0v) is 21.5. The number of methoxy groups -OCH3 is 1. The fourth-order valence-corrected chi connectivity index (χ4v) is 4.66. The zero-order chi connectivity index (χ0) is 25.7. The highest BCUT2D eigenvalue weighted by Gasteiger charge is 2.22. The van der Waals surface area contributed by atoms with E-state index in [1.54, 1.807) is 38.3 Å². The van der Waals surface area contributed by atoms with Crippen LogP contribution in [-0.4, -0.2) is 41.7 Å². The van der Waals surface area contributed by atoms with E-state index in [0.717, 1.165) is 25.7 Å². The number of rotatable bonds is 8. The Morgan fingerprint density at radius 3 is 2.69 bits per heavy atom. The minimum Gasteiger partial charge on any atom is -0.493 e. The lowest BCUT2D eigenvalue weighted by Crippen LogP contribution is -2.25. The smallest absolute Gasteiger partial charge is 0.344 e. The molecule has 0 bridgehead atoms. The van der Waals surface area contributed by atoms with E-state index in [2.05, 4.69) is 5.10 Å². The van der Waals surface area contributed by atoms with Gasteiger partial charge >= 0.3 is 5.97 Å². The van der Waals surface area contributed by atoms with Gasteiger partial charge in [0.1, 0.15) is 5.82 Å². The summed E-state index contributed by atoms with van der Waals surface area (Å²) in [5.74, 6) is 0.901. The van der Waals surface area contributed by atoms with Crippen LogP contribution >= 0.6 is 11.6 Å². The van der Waals surface area contributed by atoms with Crippen LogP contribution < -0.4 is 15.0 Å². The summed E-state index contributed by atoms with van der Waals surface area (Å²) < 4.78 is 17.5. The molecule has 1 aliphatic carbocycles. The highest BCUT2D eigenvalue weighted by Crippen LogP contribution is 2.36. The van der Waals surface area contributed by atoms with Gasteiger partial charge in [-0.3, -0.25) is 4.79 Å². The molecule has 1 saturated carbocycles. The quantitative estimate of drug-likeness (QED) is 0.300. The molecule has 190 valence electrons. The van der Waals surface area contributed by atoms with E-state index in [1.807, 2.05) is 18.2 Å². The highest BCUT2D eigenvalue weighted by atomic mass is 35.5. The predicted molar refractivity (Wildman–Crippen MR) is 140 cm³/mol. The fourth-order valence-electron chi connectivity index (χ4n) is 4.38. The molecule has 0 amide bonds. The van der Waals surface area contributed by atoms with Crippen molar-refractivity contribution in [1.82, 2.24) is 9.66 Å². The van der Waals surface area contributed by atoms with E-state index >= 15 is 0 Å². The molecule has 4 rings (SSSR count). The lowest BCUT2D eigenvalue weighted by molar-refractivity contribution is -0.149. The highest BCUT2D eigenvalue weighted by molar-refractivity contribution is 6.32. The molecular formula is C27H30ClN3O5. The Hall–Kier alpha value is -3.39. The van der Waals surface area contributed by atoms with E-state index in [4.69, 9.17) is 30.8 Å². The third kappa shape index (κ3) is 5.87. The molecule has 0 spiro atoms. The second kappa shape index (κ2) is 11.6. The number of hydrogen-bond donors (Lipinski definition) is 0. The molecule has 1 aromatic heterocycles. The van der Waals surface area contributed by atoms with Gasteiger partial charge in [-0.25, -0.2) is 9.78 Å². The number of fused-ring (bicyclic) bond motifs is 1. The maximum atomic E-state index is 13.4. The molecule has 0 unspecified atom stereocenters. The van der Waals surface area contributed by atoms with Crippen molar-refractivity contribution in [2.75, 3.05) is 13.7 Å². The van der Waals surface area contributed by atoms with Crippen molar-refractivity contribution < 1.29 is 19.0 Å². The molecule has 8 nitrogen and oxygen atoms in total. The largest absolute Gasteiger partial charge is 0.493 e. The van der Waals surface area contributed by atoms with E-state index in [1.165, 1.54) is 18.2 Å². The van der Waals surface area contributed by atoms with Crippen molar-refractivity contribution in [2.24, 2.45) is 5.10 Å². The van der Waals surface area contributed by atoms with Gasteiger partial charge in [-0.05, 0) is 56.5 Å². The summed E-state index contributed by atoms with van der Waals surface area (Å²) in [5.41, 5.74) is 1.07. The number of benzene rings is 2. The second-order valence-electron chi connectivity index (χ2n) is 9.05. The van der Waals surface area contributed by atoms with Gasteiger partial charge in [0, 0.05) is 5.92 Å². The van der Waals surface area contributed by atoms with Crippen LogP contribution in [0.25, 0.3) is 10.9 Å². The summed E-state index contributed by atoms with van der Waals surface area (Å²) in [7, 11) is 1.48. The van der Waals surface area contributed by atoms with Gasteiger partial charge < -0.3 is 14.2 Å². The Morgan fingerprint density at radius 2 is 1.97 bits per heavy atom. The minimum atomic E-state index is -0.507. The number of aromatic nitrogens is 2. The van der Waals surface area contributed by atoms with Crippen LogP contribution in [0.4, 0.5) is 0 Å². The first kappa shape index (κ1) is 25.7. The van der Waals surface area contributed by atoms with E-state index < -0.39 is 5.97 Å². The van der Waals surface area contributed by atoms with Gasteiger partial charge in [0.15, 0.2) is 18.1 Å². The fraction of sp³-hybridized carbons (Fsp3) is 0.407. The summed E-state index contributed by atoms with van der Waals surface area (Å²) in [5, 5.41) is 5.30. The Labute approximate surface area is 214 Å². The maximum Gasteiger partial charge on any atom is 0.344 e. The van der Waals surface area contributed by atoms with Crippen molar-refractivity contribution in [3.8, 4) is 11.5 Å². The third-order valence-corrected chi connectivity index (χ3v) is 6.31. The van der Waals surface area contributed by atoms with Crippen LogP contribution in [0.5, 0.6) is 11.5 Å². The molecule has 1 aliphatic rings. The summed E-state index contributed by atoms with van der Waals surface area (Å²) in [6.07, 6.45) is 6.67. The molecule has 0 radical (unpaired) electrons. The van der Waals surface area contributed by atoms with Gasteiger partial charge in [-0.2, -0.15) is 9.78 Å². The van der Waals surface area contributed by atoms with Crippen LogP contribution in [0, 0.1) is 0 Å². The first-order valence-corrected chi connectivity index (χ1v) is 12.5. The molecular weight excluding hydrogens is 482 g/mol. The number of ether oxygens (including phenoxy) is 3. The van der Waals surface area contributed by atoms with Crippen molar-refractivity contribution in [3.05, 3.63) is 63.2 Å². The maximum absolute atomic E-state index is 13.4. The minimum absolute atomic E-state index is 0.174. The van der Waals surface area contributed by atoms with Crippen molar-refractivity contribution in [2.45, 2.75) is 58.0 Å². The number of hydrogen-bond acceptors (Lipinski definition) is 7. The number of carbonyl (C=O) groups is 1. The Kier molecular flexibility index (Phi) is 8.25. The number of halogens is 1. The summed E-state index contributed by atoms with van der Waals surface area (Å²) in [6, 6.07) is 10.6. The molecule has 0 atom stereocenters. The Morgan fingerprint density at radius 1 is 1.22 bits per heavy atom. The van der Waals surface area contributed by atoms with Crippen LogP contribution in [-0.2, 0) is 9.53 Å². The van der Waals surface area contributed by atoms with Crippen LogP contribution in [0.3, 0.4) is 0 Å². The summed E-state index contributed by atoms with van der Waals surface area (Å²) in [4.78, 5) is 30.1. The number of para-hydroxylation sites is 1. The van der Waals surface area contributed by atoms with Gasteiger partial charge in [0.25, 0.3) is 5.56 Å². The monoisotopic (exact) mass is 511 g/mol. The topological polar surface area (TPSA) is 92.0 Å². The zero-order valence-electron chi connectivity index (χ0n) is 20.7. The Bertz CT molecular complexity index is 1330. The van der Waals surface area contributed by atoms with Crippen molar-refractivity contribution in [1.29, 1.82) is 0 Å². The standard InChI is InChI=1S/C27H30ClN3O5/c1-17(2)36-24(32)16-35-25-21(28)13-18(14-23(25)34-3)15-29-31-26(19-9-5-4-6-10-19)30-22-12-8-7-11-20(22)27(31)33/h7-8,11-15,17,19H,4-6,9-10,16H2,1-3H3. The van der Waals surface area contributed by atoms with Crippen LogP contribution in [0.2, 0.25) is 5.02 Å². The Balaban J connectivity index is 1.67. The first-order chi connectivity index (χ1) is 17.4. The molecule has 3 aromatic rings. The van der Waals surface area contributed by atoms with E-state index in [0.29, 0.717) is 28.0 Å². The SMILES string of the molecule is COc1cc(C=Nn2c(C3CCCCC3)nc3ccccc3c2=O)cc(Cl)c1OCC(=O)OC(C)C. The second-order valence-corrected chi connectivity index (χ2v) is 9.45. The molecule has 2 aromatic carbocycles. The van der Waals surface area contributed by atoms with Gasteiger partial charge in [-0.15, -0.1) is 0 Å². The normalized spacial score (nSPS) is 14.5. The van der Waals surface area contributed by atoms with Crippen molar-refractivity contribution in [3.63, 3.8) is 0 Å². The molecule has 1 fully saturated rings. The lowest BCUT2D eigenvalue weighted by atomic mass is 9.88. The lowest BCUT2D eigenvalue weighted by Gasteiger charge is -2.22. The van der Waals surface area contributed by atoms with Crippen molar-refractivity contribution >= 4 is 34.7 Å². The first-order valence-electron chi connectivity index (χ1n) is 12.1. The molecule has 0 N–H and O–H groups in total. The third-order valence-electron chi connectivity index (χ3n) is 6.02. The molecule has 36 heavy (non-hydrogen) atoms. The number of esters is 1. The summed E-state index contributed by atoms with van der Waals surface area (Å²) in [6.45, 7) is 3.22. The number of nitrogens with zero attached hydrogens (tertiary/aromatic N) is 3. The molecule has 0 aliphatic heterocycles.